The summed E-state index contributed by atoms with van der Waals surface area (Å²) in [4.78, 5) is 37.6. The topological polar surface area (TPSA) is 139 Å². The lowest BCUT2D eigenvalue weighted by atomic mass is 9.94. The van der Waals surface area contributed by atoms with Gasteiger partial charge in [-0.25, -0.2) is 0 Å². The van der Waals surface area contributed by atoms with E-state index in [1.165, 1.54) is 30.2 Å². The number of non-ortho nitro benzene ring substituents is 1. The summed E-state index contributed by atoms with van der Waals surface area (Å²) < 4.78 is 10.6. The summed E-state index contributed by atoms with van der Waals surface area (Å²) in [5.74, 6) is -1.90. The Morgan fingerprint density at radius 2 is 1.91 bits per heavy atom. The van der Waals surface area contributed by atoms with Crippen LogP contribution in [0.4, 0.5) is 5.69 Å². The number of nitro benzene ring substituents is 1. The highest BCUT2D eigenvalue weighted by Crippen LogP contribution is 2.42. The fraction of sp³-hybridized carbons (Fsp3) is 0.273. The third-order valence-electron chi connectivity index (χ3n) is 5.02. The number of aliphatic hydroxyl groups excluding tert-OH is 2. The fourth-order valence-corrected chi connectivity index (χ4v) is 3.58. The molecule has 2 N–H and O–H groups in total. The van der Waals surface area contributed by atoms with Gasteiger partial charge in [0.05, 0.1) is 43.5 Å². The molecule has 1 fully saturated rings. The van der Waals surface area contributed by atoms with E-state index in [0.717, 1.165) is 6.07 Å². The van der Waals surface area contributed by atoms with Gasteiger partial charge in [-0.1, -0.05) is 30.3 Å². The molecule has 1 amide bonds. The van der Waals surface area contributed by atoms with Gasteiger partial charge >= 0.3 is 0 Å². The smallest absolute Gasteiger partial charge is 0.295 e. The maximum Gasteiger partial charge on any atom is 0.295 e. The summed E-state index contributed by atoms with van der Waals surface area (Å²) in [5.41, 5.74) is 0.0219. The molecule has 1 atom stereocenters. The van der Waals surface area contributed by atoms with Gasteiger partial charge in [-0.15, -0.1) is 0 Å². The molecule has 10 nitrogen and oxygen atoms in total. The van der Waals surface area contributed by atoms with Crippen LogP contribution in [0.15, 0.2) is 54.1 Å². The molecule has 3 rings (SSSR count). The van der Waals surface area contributed by atoms with Gasteiger partial charge in [0.15, 0.2) is 0 Å². The third-order valence-corrected chi connectivity index (χ3v) is 5.02. The Kier molecular flexibility index (Phi) is 7.18. The van der Waals surface area contributed by atoms with Crippen LogP contribution >= 0.6 is 0 Å². The van der Waals surface area contributed by atoms with Crippen molar-refractivity contribution in [3.05, 3.63) is 75.3 Å². The van der Waals surface area contributed by atoms with Gasteiger partial charge in [0.2, 0.25) is 0 Å². The molecule has 168 valence electrons. The number of hydrogen-bond donors (Lipinski definition) is 2. The first-order valence-corrected chi connectivity index (χ1v) is 9.75. The predicted octanol–water partition coefficient (Wildman–Crippen LogP) is 2.03. The zero-order valence-electron chi connectivity index (χ0n) is 17.3. The molecule has 10 heteroatoms. The second kappa shape index (κ2) is 10.0. The zero-order chi connectivity index (χ0) is 23.3. The van der Waals surface area contributed by atoms with Crippen LogP contribution in [-0.4, -0.2) is 65.2 Å². The van der Waals surface area contributed by atoms with Crippen LogP contribution in [0.5, 0.6) is 5.75 Å². The van der Waals surface area contributed by atoms with E-state index in [1.54, 1.807) is 24.3 Å². The number of ether oxygens (including phenoxy) is 2. The minimum absolute atomic E-state index is 0.0129. The molecule has 0 radical (unpaired) electrons. The molecule has 2 aromatic rings. The summed E-state index contributed by atoms with van der Waals surface area (Å²) in [6, 6.07) is 10.9. The van der Waals surface area contributed by atoms with E-state index in [-0.39, 0.29) is 43.2 Å². The Morgan fingerprint density at radius 3 is 2.59 bits per heavy atom. The van der Waals surface area contributed by atoms with Crippen molar-refractivity contribution in [2.45, 2.75) is 6.04 Å². The Hall–Kier alpha value is -3.76. The van der Waals surface area contributed by atoms with Crippen LogP contribution in [0.25, 0.3) is 5.76 Å². The number of likely N-dealkylation sites (tertiary alicyclic amines) is 1. The maximum atomic E-state index is 13.0. The molecule has 1 heterocycles. The Bertz CT molecular complexity index is 1070. The predicted molar refractivity (Wildman–Crippen MR) is 113 cm³/mol. The lowest BCUT2D eigenvalue weighted by Gasteiger charge is -2.26. The van der Waals surface area contributed by atoms with Crippen molar-refractivity contribution in [3.63, 3.8) is 0 Å². The summed E-state index contributed by atoms with van der Waals surface area (Å²) >= 11 is 0. The van der Waals surface area contributed by atoms with Crippen molar-refractivity contribution in [1.29, 1.82) is 0 Å². The standard InChI is InChI=1S/C22H22N2O8/c1-31-17-8-3-2-7-16(17)19-18(20(26)14-5-4-6-15(13-14)24(29)30)21(27)22(28)23(19)9-11-32-12-10-25/h2-8,13,19,25-26H,9-12H2,1H3/b20-18+/t19-/m0/s1. The Morgan fingerprint density at radius 1 is 1.16 bits per heavy atom. The van der Waals surface area contributed by atoms with Gasteiger partial charge in [-0.3, -0.25) is 19.7 Å². The van der Waals surface area contributed by atoms with Crippen molar-refractivity contribution in [1.82, 2.24) is 4.90 Å². The normalized spacial score (nSPS) is 17.6. The largest absolute Gasteiger partial charge is 0.507 e. The molecular weight excluding hydrogens is 420 g/mol. The number of hydrogen-bond acceptors (Lipinski definition) is 8. The number of nitro groups is 1. The van der Waals surface area contributed by atoms with Crippen LogP contribution in [0.3, 0.4) is 0 Å². The number of carbonyl (C=O) groups excluding carboxylic acids is 2. The average molecular weight is 442 g/mol. The molecule has 0 aromatic heterocycles. The van der Waals surface area contributed by atoms with Crippen molar-refractivity contribution >= 4 is 23.1 Å². The van der Waals surface area contributed by atoms with Gasteiger partial charge < -0.3 is 24.6 Å². The second-order valence-electron chi connectivity index (χ2n) is 6.88. The summed E-state index contributed by atoms with van der Waals surface area (Å²) in [6.07, 6.45) is 0. The van der Waals surface area contributed by atoms with Crippen LogP contribution in [0.1, 0.15) is 17.2 Å². The minimum atomic E-state index is -0.997. The second-order valence-corrected chi connectivity index (χ2v) is 6.88. The highest BCUT2D eigenvalue weighted by molar-refractivity contribution is 6.46. The SMILES string of the molecule is COc1ccccc1[C@H]1/C(=C(\O)c2cccc([N+](=O)[O-])c2)C(=O)C(=O)N1CCOCCO. The van der Waals surface area contributed by atoms with E-state index in [1.807, 2.05) is 0 Å². The number of rotatable bonds is 9. The summed E-state index contributed by atoms with van der Waals surface area (Å²) in [6.45, 7) is -0.0619. The molecule has 0 bridgehead atoms. The van der Waals surface area contributed by atoms with Gasteiger partial charge in [0, 0.05) is 29.8 Å². The number of nitrogens with zero attached hydrogens (tertiary/aromatic N) is 2. The highest BCUT2D eigenvalue weighted by Gasteiger charge is 2.46. The number of carbonyl (C=O) groups is 2. The van der Waals surface area contributed by atoms with Gasteiger partial charge in [-0.2, -0.15) is 0 Å². The van der Waals surface area contributed by atoms with Gasteiger partial charge in [0.1, 0.15) is 11.5 Å². The number of amides is 1. The lowest BCUT2D eigenvalue weighted by Crippen LogP contribution is -2.33. The average Bonchev–Trinajstić information content (AvgIpc) is 3.06. The first kappa shape index (κ1) is 22.9. The molecule has 0 saturated carbocycles. The first-order chi connectivity index (χ1) is 15.4. The zero-order valence-corrected chi connectivity index (χ0v) is 17.3. The molecule has 32 heavy (non-hydrogen) atoms. The van der Waals surface area contributed by atoms with E-state index in [0.29, 0.717) is 11.3 Å². The van der Waals surface area contributed by atoms with Gasteiger partial charge in [0.25, 0.3) is 17.4 Å². The first-order valence-electron chi connectivity index (χ1n) is 9.75. The number of Topliss-reactive ketones (excluding diaryl/α,β-unsaturated/α-hetero) is 1. The minimum Gasteiger partial charge on any atom is -0.507 e. The van der Waals surface area contributed by atoms with Crippen molar-refractivity contribution in [2.75, 3.05) is 33.5 Å². The maximum absolute atomic E-state index is 13.0. The van der Waals surface area contributed by atoms with Crippen molar-refractivity contribution < 1.29 is 34.2 Å². The lowest BCUT2D eigenvalue weighted by molar-refractivity contribution is -0.384. The van der Waals surface area contributed by atoms with E-state index < -0.39 is 28.4 Å². The quantitative estimate of drug-likeness (QED) is 0.150. The van der Waals surface area contributed by atoms with E-state index in [4.69, 9.17) is 14.6 Å². The van der Waals surface area contributed by atoms with Crippen molar-refractivity contribution in [3.8, 4) is 5.75 Å². The highest BCUT2D eigenvalue weighted by atomic mass is 16.6. The summed E-state index contributed by atoms with van der Waals surface area (Å²) in [7, 11) is 1.44. The molecule has 0 spiro atoms. The monoisotopic (exact) mass is 442 g/mol. The van der Waals surface area contributed by atoms with Crippen LogP contribution < -0.4 is 4.74 Å². The van der Waals surface area contributed by atoms with E-state index in [2.05, 4.69) is 0 Å². The number of ketones is 1. The number of methoxy groups -OCH3 is 1. The number of aliphatic hydroxyl groups is 2. The van der Waals surface area contributed by atoms with Gasteiger partial charge in [-0.05, 0) is 6.07 Å². The molecule has 2 aromatic carbocycles. The fourth-order valence-electron chi connectivity index (χ4n) is 3.58. The summed E-state index contributed by atoms with van der Waals surface area (Å²) in [5, 5.41) is 31.0. The molecule has 1 aliphatic rings. The van der Waals surface area contributed by atoms with E-state index >= 15 is 0 Å². The van der Waals surface area contributed by atoms with Crippen LogP contribution in [-0.2, 0) is 14.3 Å². The third kappa shape index (κ3) is 4.46. The molecule has 1 saturated heterocycles. The van der Waals surface area contributed by atoms with E-state index in [9.17, 15) is 24.8 Å². The molecule has 0 unspecified atom stereocenters. The van der Waals surface area contributed by atoms with Crippen LogP contribution in [0.2, 0.25) is 0 Å². The number of para-hydroxylation sites is 1. The van der Waals surface area contributed by atoms with Crippen LogP contribution in [0, 0.1) is 10.1 Å². The molecular formula is C22H22N2O8. The Labute approximate surface area is 183 Å². The van der Waals surface area contributed by atoms with Crippen molar-refractivity contribution in [2.24, 2.45) is 0 Å². The Balaban J connectivity index is 2.14. The molecule has 1 aliphatic heterocycles. The number of benzene rings is 2. The molecule has 0 aliphatic carbocycles.